The van der Waals surface area contributed by atoms with Crippen molar-refractivity contribution in [2.75, 3.05) is 0 Å². The smallest absolute Gasteiger partial charge is 0.435 e. The van der Waals surface area contributed by atoms with Crippen LogP contribution in [0.5, 0.6) is 0 Å². The van der Waals surface area contributed by atoms with Gasteiger partial charge >= 0.3 is 13.6 Å². The fourth-order valence-electron chi connectivity index (χ4n) is 1.08. The lowest BCUT2D eigenvalue weighted by atomic mass is 10.1. The number of benzene rings is 1. The normalized spacial score (nSPS) is 10.1. The Labute approximate surface area is 99.6 Å². The topological polar surface area (TPSA) is 26.3 Å². The highest BCUT2D eigenvalue weighted by atomic mass is 35.7. The van der Waals surface area contributed by atoms with E-state index < -0.39 is 13.6 Å². The fraction of sp³-hybridized carbons (Fsp3) is 0.100. The standard InChI is InChI=1S/C10H10Cl2O2Si/c1-8(10(13)14-15(11)12)7-9-5-3-2-4-6-9/h2-6,15H,1,7H2. The van der Waals surface area contributed by atoms with E-state index >= 15 is 0 Å². The predicted octanol–water partition coefficient (Wildman–Crippen LogP) is 2.52. The highest BCUT2D eigenvalue weighted by Crippen LogP contribution is 2.09. The van der Waals surface area contributed by atoms with Gasteiger partial charge in [0.15, 0.2) is 0 Å². The van der Waals surface area contributed by atoms with Gasteiger partial charge in [0.05, 0.1) is 0 Å². The summed E-state index contributed by atoms with van der Waals surface area (Å²) in [5.41, 5.74) is 1.36. The SMILES string of the molecule is C=C(Cc1ccccc1)C(=O)O[SiH](Cl)Cl. The van der Waals surface area contributed by atoms with Crippen molar-refractivity contribution in [3.8, 4) is 0 Å². The molecule has 0 N–H and O–H groups in total. The minimum Gasteiger partial charge on any atom is -0.490 e. The largest absolute Gasteiger partial charge is 0.490 e. The molecule has 0 saturated carbocycles. The van der Waals surface area contributed by atoms with Crippen LogP contribution in [0.2, 0.25) is 0 Å². The second kappa shape index (κ2) is 5.95. The molecule has 0 radical (unpaired) electrons. The predicted molar refractivity (Wildman–Crippen MR) is 64.2 cm³/mol. The van der Waals surface area contributed by atoms with Crippen molar-refractivity contribution in [3.63, 3.8) is 0 Å². The summed E-state index contributed by atoms with van der Waals surface area (Å²) < 4.78 is 4.72. The monoisotopic (exact) mass is 260 g/mol. The molecule has 0 spiro atoms. The zero-order valence-corrected chi connectivity index (χ0v) is 10.6. The summed E-state index contributed by atoms with van der Waals surface area (Å²) in [5, 5.41) is 0. The lowest BCUT2D eigenvalue weighted by Gasteiger charge is -2.06. The van der Waals surface area contributed by atoms with Crippen LogP contribution in [0.1, 0.15) is 5.56 Å². The third-order valence-electron chi connectivity index (χ3n) is 1.75. The number of carbonyl (C=O) groups is 1. The average Bonchev–Trinajstić information content (AvgIpc) is 2.18. The molecule has 0 amide bonds. The van der Waals surface area contributed by atoms with Crippen molar-refractivity contribution in [1.82, 2.24) is 0 Å². The highest BCUT2D eigenvalue weighted by molar-refractivity contribution is 7.31. The minimum absolute atomic E-state index is 0.361. The molecular formula is C10H10Cl2O2Si. The van der Waals surface area contributed by atoms with Crippen molar-refractivity contribution in [2.45, 2.75) is 6.42 Å². The van der Waals surface area contributed by atoms with Crippen LogP contribution in [-0.2, 0) is 15.6 Å². The number of hydrogen-bond donors (Lipinski definition) is 0. The van der Waals surface area contributed by atoms with Crippen LogP contribution in [0.4, 0.5) is 0 Å². The molecule has 0 fully saturated rings. The first-order valence-electron chi connectivity index (χ1n) is 4.30. The summed E-state index contributed by atoms with van der Waals surface area (Å²) >= 11 is 10.9. The average molecular weight is 261 g/mol. The van der Waals surface area contributed by atoms with E-state index in [1.165, 1.54) is 0 Å². The van der Waals surface area contributed by atoms with Gasteiger partial charge < -0.3 is 4.43 Å². The Morgan fingerprint density at radius 1 is 1.33 bits per heavy atom. The summed E-state index contributed by atoms with van der Waals surface area (Å²) in [6.07, 6.45) is 0.453. The molecule has 1 rings (SSSR count). The molecule has 0 aliphatic rings. The van der Waals surface area contributed by atoms with Crippen LogP contribution < -0.4 is 0 Å². The van der Waals surface area contributed by atoms with Gasteiger partial charge in [0.1, 0.15) is 0 Å². The Balaban J connectivity index is 2.53. The zero-order chi connectivity index (χ0) is 11.3. The number of hydrogen-bond acceptors (Lipinski definition) is 2. The minimum atomic E-state index is -2.36. The molecule has 0 heterocycles. The third kappa shape index (κ3) is 4.51. The highest BCUT2D eigenvalue weighted by Gasteiger charge is 2.13. The fourth-order valence-corrected chi connectivity index (χ4v) is 1.89. The van der Waals surface area contributed by atoms with Gasteiger partial charge in [-0.25, -0.2) is 4.79 Å². The van der Waals surface area contributed by atoms with E-state index in [9.17, 15) is 4.79 Å². The van der Waals surface area contributed by atoms with Gasteiger partial charge in [-0.3, -0.25) is 0 Å². The molecule has 1 aromatic carbocycles. The zero-order valence-electron chi connectivity index (χ0n) is 7.95. The van der Waals surface area contributed by atoms with Crippen LogP contribution in [0.15, 0.2) is 42.5 Å². The maximum Gasteiger partial charge on any atom is 0.435 e. The first-order chi connectivity index (χ1) is 7.09. The second-order valence-electron chi connectivity index (χ2n) is 2.93. The second-order valence-corrected chi connectivity index (χ2v) is 6.74. The molecule has 0 aromatic heterocycles. The maximum absolute atomic E-state index is 11.3. The molecule has 80 valence electrons. The van der Waals surface area contributed by atoms with Gasteiger partial charge in [-0.1, -0.05) is 36.9 Å². The van der Waals surface area contributed by atoms with Gasteiger partial charge in [0, 0.05) is 12.0 Å². The molecule has 0 bridgehead atoms. The van der Waals surface area contributed by atoms with Crippen molar-refractivity contribution >= 4 is 35.8 Å². The summed E-state index contributed by atoms with van der Waals surface area (Å²) in [6.45, 7) is 3.63. The molecule has 1 aromatic rings. The van der Waals surface area contributed by atoms with Gasteiger partial charge in [-0.05, 0) is 5.56 Å². The van der Waals surface area contributed by atoms with E-state index in [4.69, 9.17) is 26.6 Å². The van der Waals surface area contributed by atoms with Crippen LogP contribution in [0, 0.1) is 0 Å². The van der Waals surface area contributed by atoms with Gasteiger partial charge in [-0.2, -0.15) is 0 Å². The molecule has 5 heteroatoms. The summed E-state index contributed by atoms with van der Waals surface area (Å²) in [6, 6.07) is 9.53. The molecule has 0 aliphatic carbocycles. The summed E-state index contributed by atoms with van der Waals surface area (Å²) in [5.74, 6) is -0.513. The Hall–Kier alpha value is -0.773. The van der Waals surface area contributed by atoms with Crippen LogP contribution >= 0.6 is 22.2 Å². The molecule has 0 unspecified atom stereocenters. The Kier molecular flexibility index (Phi) is 4.88. The molecule has 0 saturated heterocycles. The third-order valence-corrected chi connectivity index (χ3v) is 2.67. The van der Waals surface area contributed by atoms with Crippen molar-refractivity contribution in [3.05, 3.63) is 48.0 Å². The van der Waals surface area contributed by atoms with E-state index in [1.54, 1.807) is 0 Å². The van der Waals surface area contributed by atoms with Crippen molar-refractivity contribution in [1.29, 1.82) is 0 Å². The quantitative estimate of drug-likeness (QED) is 0.473. The number of rotatable bonds is 4. The number of halogens is 2. The molecule has 0 atom stereocenters. The molecule has 2 nitrogen and oxygen atoms in total. The maximum atomic E-state index is 11.3. The van der Waals surface area contributed by atoms with E-state index in [0.29, 0.717) is 12.0 Å². The van der Waals surface area contributed by atoms with Crippen LogP contribution in [0.3, 0.4) is 0 Å². The summed E-state index contributed by atoms with van der Waals surface area (Å²) in [7, 11) is -2.36. The van der Waals surface area contributed by atoms with E-state index in [1.807, 2.05) is 30.3 Å². The van der Waals surface area contributed by atoms with Gasteiger partial charge in [-0.15, -0.1) is 22.2 Å². The Morgan fingerprint density at radius 3 is 2.47 bits per heavy atom. The van der Waals surface area contributed by atoms with E-state index in [-0.39, 0.29) is 0 Å². The molecule has 15 heavy (non-hydrogen) atoms. The van der Waals surface area contributed by atoms with Crippen LogP contribution in [0.25, 0.3) is 0 Å². The van der Waals surface area contributed by atoms with E-state index in [0.717, 1.165) is 5.56 Å². The molecular weight excluding hydrogens is 251 g/mol. The first-order valence-corrected chi connectivity index (χ1v) is 8.26. The van der Waals surface area contributed by atoms with Gasteiger partial charge in [0.25, 0.3) is 0 Å². The Morgan fingerprint density at radius 2 is 1.93 bits per heavy atom. The van der Waals surface area contributed by atoms with Crippen molar-refractivity contribution in [2.24, 2.45) is 0 Å². The lowest BCUT2D eigenvalue weighted by molar-refractivity contribution is -0.130. The van der Waals surface area contributed by atoms with Crippen LogP contribution in [-0.4, -0.2) is 13.6 Å². The molecule has 0 aliphatic heterocycles. The lowest BCUT2D eigenvalue weighted by Crippen LogP contribution is -2.14. The number of carbonyl (C=O) groups excluding carboxylic acids is 1. The Bertz CT molecular complexity index is 352. The first kappa shape index (κ1) is 12.3. The summed E-state index contributed by atoms with van der Waals surface area (Å²) in [4.78, 5) is 11.3. The van der Waals surface area contributed by atoms with E-state index in [2.05, 4.69) is 6.58 Å². The van der Waals surface area contributed by atoms with Crippen molar-refractivity contribution < 1.29 is 9.22 Å². The van der Waals surface area contributed by atoms with Gasteiger partial charge in [0.2, 0.25) is 0 Å².